The van der Waals surface area contributed by atoms with Crippen LogP contribution in [0.5, 0.6) is 0 Å². The summed E-state index contributed by atoms with van der Waals surface area (Å²) >= 11 is 1.11. The summed E-state index contributed by atoms with van der Waals surface area (Å²) in [5, 5.41) is 5.73. The first-order valence-electron chi connectivity index (χ1n) is 7.50. The lowest BCUT2D eigenvalue weighted by Crippen LogP contribution is -2.34. The maximum atomic E-state index is 13.1. The van der Waals surface area contributed by atoms with Crippen molar-refractivity contribution in [1.29, 1.82) is 0 Å². The predicted octanol–water partition coefficient (Wildman–Crippen LogP) is 4.19. The van der Waals surface area contributed by atoms with E-state index in [0.717, 1.165) is 17.4 Å². The number of urea groups is 1. The van der Waals surface area contributed by atoms with Gasteiger partial charge in [0.05, 0.1) is 10.6 Å². The minimum atomic E-state index is -4.73. The number of carbonyl (C=O) groups excluding carboxylic acids is 2. The van der Waals surface area contributed by atoms with Gasteiger partial charge in [0.25, 0.3) is 5.91 Å². The molecule has 2 N–H and O–H groups in total. The maximum Gasteiger partial charge on any atom is 0.433 e. The predicted molar refractivity (Wildman–Crippen MR) is 93.3 cm³/mol. The molecule has 10 heteroatoms. The molecule has 0 saturated heterocycles. The van der Waals surface area contributed by atoms with Gasteiger partial charge in [-0.1, -0.05) is 36.4 Å². The van der Waals surface area contributed by atoms with E-state index in [1.807, 2.05) is 5.32 Å². The molecular formula is C17H11F3N4O2S. The van der Waals surface area contributed by atoms with Gasteiger partial charge in [0.1, 0.15) is 0 Å². The molecule has 3 amide bonds. The summed E-state index contributed by atoms with van der Waals surface area (Å²) in [4.78, 5) is 31.3. The number of rotatable bonds is 3. The number of hydrogen-bond donors (Lipinski definition) is 2. The summed E-state index contributed by atoms with van der Waals surface area (Å²) in [6, 6.07) is 11.0. The SMILES string of the molecule is O=C(NC(=O)c1cccs1)Nc1nc(-c2ccccc2)cc(C(F)(F)F)n1. The second kappa shape index (κ2) is 7.54. The Bertz CT molecular complexity index is 960. The van der Waals surface area contributed by atoms with Gasteiger partial charge in [0.2, 0.25) is 5.95 Å². The van der Waals surface area contributed by atoms with E-state index in [2.05, 4.69) is 15.3 Å². The molecule has 0 aliphatic carbocycles. The second-order valence-electron chi connectivity index (χ2n) is 5.21. The summed E-state index contributed by atoms with van der Waals surface area (Å²) in [5.74, 6) is -1.25. The Labute approximate surface area is 155 Å². The van der Waals surface area contributed by atoms with Crippen molar-refractivity contribution in [3.8, 4) is 11.3 Å². The van der Waals surface area contributed by atoms with Crippen LogP contribution in [0.1, 0.15) is 15.4 Å². The molecule has 0 unspecified atom stereocenters. The number of imide groups is 1. The topological polar surface area (TPSA) is 84.0 Å². The molecule has 2 heterocycles. The van der Waals surface area contributed by atoms with Crippen molar-refractivity contribution >= 4 is 29.2 Å². The smallest absolute Gasteiger partial charge is 0.276 e. The van der Waals surface area contributed by atoms with Crippen LogP contribution in [0.25, 0.3) is 11.3 Å². The number of aromatic nitrogens is 2. The molecule has 2 aromatic heterocycles. The van der Waals surface area contributed by atoms with Gasteiger partial charge in [0, 0.05) is 5.56 Å². The van der Waals surface area contributed by atoms with Gasteiger partial charge in [-0.15, -0.1) is 11.3 Å². The fourth-order valence-corrected chi connectivity index (χ4v) is 2.73. The van der Waals surface area contributed by atoms with E-state index in [4.69, 9.17) is 0 Å². The molecule has 0 saturated carbocycles. The Morgan fingerprint density at radius 2 is 1.74 bits per heavy atom. The summed E-state index contributed by atoms with van der Waals surface area (Å²) in [5.41, 5.74) is -0.808. The Hall–Kier alpha value is -3.27. The van der Waals surface area contributed by atoms with Crippen molar-refractivity contribution in [2.75, 3.05) is 5.32 Å². The Balaban J connectivity index is 1.85. The van der Waals surface area contributed by atoms with E-state index in [-0.39, 0.29) is 10.6 Å². The average molecular weight is 392 g/mol. The average Bonchev–Trinajstić information content (AvgIpc) is 3.16. The largest absolute Gasteiger partial charge is 0.433 e. The number of amides is 3. The Morgan fingerprint density at radius 3 is 2.37 bits per heavy atom. The van der Waals surface area contributed by atoms with E-state index < -0.39 is 29.8 Å². The summed E-state index contributed by atoms with van der Waals surface area (Å²) in [7, 11) is 0. The van der Waals surface area contributed by atoms with Gasteiger partial charge < -0.3 is 0 Å². The lowest BCUT2D eigenvalue weighted by Gasteiger charge is -2.11. The van der Waals surface area contributed by atoms with Crippen LogP contribution in [0.15, 0.2) is 53.9 Å². The molecule has 0 aliphatic heterocycles. The summed E-state index contributed by atoms with van der Waals surface area (Å²) < 4.78 is 39.4. The van der Waals surface area contributed by atoms with Crippen molar-refractivity contribution < 1.29 is 22.8 Å². The van der Waals surface area contributed by atoms with Gasteiger partial charge in [-0.05, 0) is 17.5 Å². The zero-order valence-electron chi connectivity index (χ0n) is 13.4. The number of thiophene rings is 1. The van der Waals surface area contributed by atoms with Crippen molar-refractivity contribution in [3.05, 3.63) is 64.5 Å². The molecule has 0 spiro atoms. The van der Waals surface area contributed by atoms with Gasteiger partial charge in [0.15, 0.2) is 5.69 Å². The molecule has 0 fully saturated rings. The van der Waals surface area contributed by atoms with Crippen LogP contribution in [0.2, 0.25) is 0 Å². The number of benzene rings is 1. The summed E-state index contributed by atoms with van der Waals surface area (Å²) in [6.07, 6.45) is -4.73. The fourth-order valence-electron chi connectivity index (χ4n) is 2.11. The number of halogens is 3. The van der Waals surface area contributed by atoms with Crippen LogP contribution in [-0.2, 0) is 6.18 Å². The van der Waals surface area contributed by atoms with E-state index in [1.54, 1.807) is 41.8 Å². The lowest BCUT2D eigenvalue weighted by atomic mass is 10.1. The molecule has 6 nitrogen and oxygen atoms in total. The zero-order valence-corrected chi connectivity index (χ0v) is 14.3. The van der Waals surface area contributed by atoms with Gasteiger partial charge in [-0.25, -0.2) is 14.8 Å². The molecule has 0 radical (unpaired) electrons. The highest BCUT2D eigenvalue weighted by atomic mass is 32.1. The molecule has 0 aliphatic rings. The highest BCUT2D eigenvalue weighted by molar-refractivity contribution is 7.12. The highest BCUT2D eigenvalue weighted by Crippen LogP contribution is 2.31. The minimum absolute atomic E-state index is 0.0159. The van der Waals surface area contributed by atoms with Crippen molar-refractivity contribution in [2.45, 2.75) is 6.18 Å². The highest BCUT2D eigenvalue weighted by Gasteiger charge is 2.34. The third kappa shape index (κ3) is 4.67. The fraction of sp³-hybridized carbons (Fsp3) is 0.0588. The second-order valence-corrected chi connectivity index (χ2v) is 6.16. The van der Waals surface area contributed by atoms with E-state index in [9.17, 15) is 22.8 Å². The van der Waals surface area contributed by atoms with Gasteiger partial charge in [-0.3, -0.25) is 15.4 Å². The first-order valence-corrected chi connectivity index (χ1v) is 8.38. The summed E-state index contributed by atoms with van der Waals surface area (Å²) in [6.45, 7) is 0. The Morgan fingerprint density at radius 1 is 1.00 bits per heavy atom. The van der Waals surface area contributed by atoms with E-state index in [1.165, 1.54) is 6.07 Å². The molecule has 3 aromatic rings. The number of nitrogens with one attached hydrogen (secondary N) is 2. The lowest BCUT2D eigenvalue weighted by molar-refractivity contribution is -0.141. The van der Waals surface area contributed by atoms with Crippen molar-refractivity contribution in [2.24, 2.45) is 0 Å². The molecule has 0 atom stereocenters. The van der Waals surface area contributed by atoms with Crippen LogP contribution >= 0.6 is 11.3 Å². The third-order valence-corrected chi connectivity index (χ3v) is 4.15. The molecule has 27 heavy (non-hydrogen) atoms. The number of hydrogen-bond acceptors (Lipinski definition) is 5. The minimum Gasteiger partial charge on any atom is -0.276 e. The standard InChI is InChI=1S/C17H11F3N4O2S/c18-17(19,20)13-9-11(10-5-2-1-3-6-10)21-15(22-13)24-16(26)23-14(25)12-7-4-8-27-12/h1-9H,(H2,21,22,23,24,25,26). The van der Waals surface area contributed by atoms with Gasteiger partial charge >= 0.3 is 12.2 Å². The van der Waals surface area contributed by atoms with Crippen LogP contribution in [0.4, 0.5) is 23.9 Å². The van der Waals surface area contributed by atoms with Crippen LogP contribution in [-0.4, -0.2) is 21.9 Å². The van der Waals surface area contributed by atoms with E-state index in [0.29, 0.717) is 5.56 Å². The molecule has 1 aromatic carbocycles. The van der Waals surface area contributed by atoms with Crippen molar-refractivity contribution in [3.63, 3.8) is 0 Å². The number of alkyl halides is 3. The number of nitrogens with zero attached hydrogens (tertiary/aromatic N) is 2. The normalized spacial score (nSPS) is 11.1. The zero-order chi connectivity index (χ0) is 19.4. The van der Waals surface area contributed by atoms with Crippen LogP contribution in [0.3, 0.4) is 0 Å². The van der Waals surface area contributed by atoms with Gasteiger partial charge in [-0.2, -0.15) is 13.2 Å². The molecular weight excluding hydrogens is 381 g/mol. The first kappa shape index (κ1) is 18.5. The first-order chi connectivity index (χ1) is 12.8. The molecule has 138 valence electrons. The van der Waals surface area contributed by atoms with Crippen LogP contribution in [0, 0.1) is 0 Å². The number of anilines is 1. The quantitative estimate of drug-likeness (QED) is 0.700. The Kier molecular flexibility index (Phi) is 5.17. The van der Waals surface area contributed by atoms with Crippen molar-refractivity contribution in [1.82, 2.24) is 15.3 Å². The molecule has 0 bridgehead atoms. The number of carbonyl (C=O) groups is 2. The monoisotopic (exact) mass is 392 g/mol. The van der Waals surface area contributed by atoms with Crippen LogP contribution < -0.4 is 10.6 Å². The van der Waals surface area contributed by atoms with E-state index >= 15 is 0 Å². The molecule has 3 rings (SSSR count). The third-order valence-electron chi connectivity index (χ3n) is 3.28. The maximum absolute atomic E-state index is 13.1.